The molecule has 0 aliphatic carbocycles. The number of nitrogens with zero attached hydrogens (tertiary/aromatic N) is 6. The SMILES string of the molecule is CCc1cnc(N2CCC(COc3c(F)cc(-c4cnn(CCN(C)S(C)(=O)=O)c4)cc3F)CC2)nc1. The van der Waals surface area contributed by atoms with Crippen molar-refractivity contribution in [3.8, 4) is 16.9 Å². The number of rotatable bonds is 10. The van der Waals surface area contributed by atoms with Crippen LogP contribution in [0.4, 0.5) is 14.7 Å². The topological polar surface area (TPSA) is 93.5 Å². The molecule has 37 heavy (non-hydrogen) atoms. The molecule has 1 saturated heterocycles. The average molecular weight is 535 g/mol. The van der Waals surface area contributed by atoms with E-state index < -0.39 is 21.7 Å². The van der Waals surface area contributed by atoms with Crippen LogP contribution in [0, 0.1) is 17.6 Å². The summed E-state index contributed by atoms with van der Waals surface area (Å²) in [5.74, 6) is -1.06. The van der Waals surface area contributed by atoms with Crippen LogP contribution in [0.1, 0.15) is 25.3 Å². The van der Waals surface area contributed by atoms with Gasteiger partial charge >= 0.3 is 0 Å². The summed E-state index contributed by atoms with van der Waals surface area (Å²) in [6, 6.07) is 2.45. The molecule has 1 aromatic carbocycles. The zero-order valence-corrected chi connectivity index (χ0v) is 22.1. The minimum atomic E-state index is -3.30. The number of likely N-dealkylation sites (N-methyl/N-ethyl adjacent to an activating group) is 1. The predicted molar refractivity (Wildman–Crippen MR) is 137 cm³/mol. The van der Waals surface area contributed by atoms with Crippen molar-refractivity contribution in [2.45, 2.75) is 32.7 Å². The second-order valence-corrected chi connectivity index (χ2v) is 11.4. The minimum absolute atomic E-state index is 0.174. The van der Waals surface area contributed by atoms with Crippen molar-refractivity contribution in [1.29, 1.82) is 0 Å². The second-order valence-electron chi connectivity index (χ2n) is 9.33. The number of anilines is 1. The standard InChI is InChI=1S/C25H32F2N6O3S/c1-4-18-13-28-25(29-14-18)32-7-5-19(6-8-32)17-36-24-22(26)11-20(12-23(24)27)21-15-30-33(16-21)10-9-31(2)37(3,34)35/h11-16,19H,4-10,17H2,1-3H3. The van der Waals surface area contributed by atoms with Crippen LogP contribution in [0.2, 0.25) is 0 Å². The first-order valence-corrected chi connectivity index (χ1v) is 14.1. The Morgan fingerprint density at radius 3 is 2.32 bits per heavy atom. The summed E-state index contributed by atoms with van der Waals surface area (Å²) in [4.78, 5) is 11.0. The Morgan fingerprint density at radius 1 is 1.08 bits per heavy atom. The average Bonchev–Trinajstić information content (AvgIpc) is 3.36. The number of hydrogen-bond acceptors (Lipinski definition) is 7. The highest BCUT2D eigenvalue weighted by atomic mass is 32.2. The van der Waals surface area contributed by atoms with Crippen molar-refractivity contribution in [1.82, 2.24) is 24.1 Å². The Morgan fingerprint density at radius 2 is 1.73 bits per heavy atom. The zero-order chi connectivity index (χ0) is 26.6. The summed E-state index contributed by atoms with van der Waals surface area (Å²) in [5.41, 5.74) is 1.94. The molecule has 1 fully saturated rings. The number of piperidine rings is 1. The van der Waals surface area contributed by atoms with E-state index in [9.17, 15) is 17.2 Å². The van der Waals surface area contributed by atoms with Crippen LogP contribution in [-0.4, -0.2) is 72.0 Å². The number of ether oxygens (including phenoxy) is 1. The van der Waals surface area contributed by atoms with E-state index in [0.717, 1.165) is 44.2 Å². The molecule has 0 amide bonds. The van der Waals surface area contributed by atoms with Crippen molar-refractivity contribution in [3.63, 3.8) is 0 Å². The van der Waals surface area contributed by atoms with Crippen molar-refractivity contribution in [3.05, 3.63) is 54.1 Å². The van der Waals surface area contributed by atoms with Gasteiger partial charge in [-0.05, 0) is 48.4 Å². The monoisotopic (exact) mass is 534 g/mol. The molecule has 0 N–H and O–H groups in total. The van der Waals surface area contributed by atoms with E-state index in [-0.39, 0.29) is 24.8 Å². The Kier molecular flexibility index (Phi) is 8.38. The van der Waals surface area contributed by atoms with Crippen molar-refractivity contribution >= 4 is 16.0 Å². The molecular weight excluding hydrogens is 502 g/mol. The summed E-state index contributed by atoms with van der Waals surface area (Å²) in [5, 5.41) is 4.17. The number of benzene rings is 1. The molecule has 0 spiro atoms. The number of aryl methyl sites for hydroxylation is 1. The summed E-state index contributed by atoms with van der Waals surface area (Å²) in [7, 11) is -1.82. The lowest BCUT2D eigenvalue weighted by Crippen LogP contribution is -2.36. The van der Waals surface area contributed by atoms with Gasteiger partial charge in [-0.2, -0.15) is 5.10 Å². The summed E-state index contributed by atoms with van der Waals surface area (Å²) in [6.45, 7) is 4.34. The molecule has 0 atom stereocenters. The van der Waals surface area contributed by atoms with Gasteiger partial charge < -0.3 is 9.64 Å². The Bertz CT molecular complexity index is 1290. The number of hydrogen-bond donors (Lipinski definition) is 0. The van der Waals surface area contributed by atoms with Crippen LogP contribution in [0.3, 0.4) is 0 Å². The molecule has 3 heterocycles. The number of halogens is 2. The lowest BCUT2D eigenvalue weighted by atomic mass is 9.98. The van der Waals surface area contributed by atoms with Gasteiger partial charge in [0.05, 0.1) is 25.6 Å². The highest BCUT2D eigenvalue weighted by Gasteiger charge is 2.23. The van der Waals surface area contributed by atoms with Crippen LogP contribution in [0.5, 0.6) is 5.75 Å². The first kappa shape index (κ1) is 26.9. The van der Waals surface area contributed by atoms with E-state index in [4.69, 9.17) is 4.74 Å². The molecule has 200 valence electrons. The Labute approximate surface area is 216 Å². The normalized spacial score (nSPS) is 14.9. The molecular formula is C25H32F2N6O3S. The maximum absolute atomic E-state index is 14.8. The van der Waals surface area contributed by atoms with Crippen molar-refractivity contribution < 1.29 is 21.9 Å². The summed E-state index contributed by atoms with van der Waals surface area (Å²) in [6.07, 6.45) is 10.4. The molecule has 4 rings (SSSR count). The van der Waals surface area contributed by atoms with Crippen molar-refractivity contribution in [2.24, 2.45) is 5.92 Å². The molecule has 0 bridgehead atoms. The fourth-order valence-corrected chi connectivity index (χ4v) is 4.52. The zero-order valence-electron chi connectivity index (χ0n) is 21.3. The quantitative estimate of drug-likeness (QED) is 0.394. The van der Waals surface area contributed by atoms with Gasteiger partial charge in [-0.25, -0.2) is 31.5 Å². The fourth-order valence-electron chi connectivity index (χ4n) is 4.10. The highest BCUT2D eigenvalue weighted by Crippen LogP contribution is 2.30. The lowest BCUT2D eigenvalue weighted by molar-refractivity contribution is 0.207. The Hall–Kier alpha value is -3.12. The van der Waals surface area contributed by atoms with E-state index in [0.29, 0.717) is 23.6 Å². The second kappa shape index (κ2) is 11.5. The largest absolute Gasteiger partial charge is 0.487 e. The highest BCUT2D eigenvalue weighted by molar-refractivity contribution is 7.88. The van der Waals surface area contributed by atoms with Gasteiger partial charge in [-0.1, -0.05) is 6.92 Å². The van der Waals surface area contributed by atoms with Crippen LogP contribution < -0.4 is 9.64 Å². The van der Waals surface area contributed by atoms with Gasteiger partial charge in [0.25, 0.3) is 0 Å². The molecule has 0 unspecified atom stereocenters. The first-order valence-electron chi connectivity index (χ1n) is 12.3. The van der Waals surface area contributed by atoms with E-state index in [1.165, 1.54) is 34.4 Å². The lowest BCUT2D eigenvalue weighted by Gasteiger charge is -2.31. The molecule has 2 aromatic heterocycles. The third-order valence-corrected chi connectivity index (χ3v) is 7.95. The third kappa shape index (κ3) is 6.80. The van der Waals surface area contributed by atoms with Gasteiger partial charge in [-0.3, -0.25) is 4.68 Å². The molecule has 9 nitrogen and oxygen atoms in total. The molecule has 1 aliphatic heterocycles. The Balaban J connectivity index is 1.32. The van der Waals surface area contributed by atoms with Gasteiger partial charge in [0.2, 0.25) is 16.0 Å². The molecule has 12 heteroatoms. The number of sulfonamides is 1. The predicted octanol–water partition coefficient (Wildman–Crippen LogP) is 3.37. The summed E-state index contributed by atoms with van der Waals surface area (Å²) < 4.78 is 61.0. The van der Waals surface area contributed by atoms with Gasteiger partial charge in [-0.15, -0.1) is 0 Å². The van der Waals surface area contributed by atoms with E-state index in [1.54, 1.807) is 6.20 Å². The van der Waals surface area contributed by atoms with Crippen molar-refractivity contribution in [2.75, 3.05) is 44.4 Å². The van der Waals surface area contributed by atoms with E-state index >= 15 is 0 Å². The first-order chi connectivity index (χ1) is 17.6. The summed E-state index contributed by atoms with van der Waals surface area (Å²) >= 11 is 0. The van der Waals surface area contributed by atoms with Gasteiger partial charge in [0.15, 0.2) is 17.4 Å². The molecule has 0 radical (unpaired) electrons. The van der Waals surface area contributed by atoms with E-state index in [1.807, 2.05) is 12.4 Å². The smallest absolute Gasteiger partial charge is 0.225 e. The third-order valence-electron chi connectivity index (χ3n) is 6.64. The van der Waals surface area contributed by atoms with Crippen LogP contribution in [0.15, 0.2) is 36.9 Å². The van der Waals surface area contributed by atoms with Crippen LogP contribution in [-0.2, 0) is 23.0 Å². The fraction of sp³-hybridized carbons (Fsp3) is 0.480. The van der Waals surface area contributed by atoms with E-state index in [2.05, 4.69) is 26.9 Å². The number of aromatic nitrogens is 4. The molecule has 3 aromatic rings. The maximum atomic E-state index is 14.8. The van der Waals surface area contributed by atoms with Crippen LogP contribution in [0.25, 0.3) is 11.1 Å². The van der Waals surface area contributed by atoms with Crippen LogP contribution >= 0.6 is 0 Å². The molecule has 0 saturated carbocycles. The van der Waals surface area contributed by atoms with Gasteiger partial charge in [0, 0.05) is 50.8 Å². The van der Waals surface area contributed by atoms with Gasteiger partial charge in [0.1, 0.15) is 0 Å². The molecule has 1 aliphatic rings. The minimum Gasteiger partial charge on any atom is -0.487 e. The maximum Gasteiger partial charge on any atom is 0.225 e.